The van der Waals surface area contributed by atoms with Gasteiger partial charge in [-0.15, -0.1) is 0 Å². The van der Waals surface area contributed by atoms with Gasteiger partial charge in [-0.3, -0.25) is 0 Å². The van der Waals surface area contributed by atoms with E-state index < -0.39 is 0 Å². The Balaban J connectivity index is 2.48. The van der Waals surface area contributed by atoms with Crippen LogP contribution in [-0.4, -0.2) is 62.9 Å². The third kappa shape index (κ3) is 3.67. The molecule has 0 bridgehead atoms. The number of hydrogen-bond donors (Lipinski definition) is 0. The van der Waals surface area contributed by atoms with Crippen LogP contribution >= 0.6 is 0 Å². The summed E-state index contributed by atoms with van der Waals surface area (Å²) in [4.78, 5) is 13.0. The first-order chi connectivity index (χ1) is 7.30. The Morgan fingerprint density at radius 3 is 2.38 bits per heavy atom. The third-order valence-corrected chi connectivity index (χ3v) is 3.33. The summed E-state index contributed by atoms with van der Waals surface area (Å²) in [6, 6.07) is 0.605. The van der Waals surface area contributed by atoms with Crippen LogP contribution in [-0.2, 0) is 4.74 Å². The molecule has 0 radical (unpaired) electrons. The van der Waals surface area contributed by atoms with Gasteiger partial charge in [0.2, 0.25) is 0 Å². The van der Waals surface area contributed by atoms with Crippen LogP contribution in [0, 0.1) is 0 Å². The molecular weight excluding hydrogens is 204 g/mol. The first-order valence-electron chi connectivity index (χ1n) is 5.99. The van der Waals surface area contributed by atoms with Gasteiger partial charge in [0.25, 0.3) is 0 Å². The number of rotatable bonds is 2. The maximum Gasteiger partial charge on any atom is 0.409 e. The first-order valence-corrected chi connectivity index (χ1v) is 5.99. The minimum Gasteiger partial charge on any atom is -0.446 e. The predicted octanol–water partition coefficient (Wildman–Crippen LogP) is 1.70. The molecule has 2 unspecified atom stereocenters. The van der Waals surface area contributed by atoms with Crippen molar-refractivity contribution in [3.05, 3.63) is 0 Å². The highest BCUT2D eigenvalue weighted by atomic mass is 16.6. The van der Waals surface area contributed by atoms with Crippen molar-refractivity contribution in [2.75, 3.05) is 35.2 Å². The van der Waals surface area contributed by atoms with Crippen molar-refractivity contribution in [1.82, 2.24) is 4.90 Å². The highest BCUT2D eigenvalue weighted by molar-refractivity contribution is 5.66. The number of nitrogens with zero attached hydrogens (tertiary/aromatic N) is 2. The quantitative estimate of drug-likeness (QED) is 0.675. The van der Waals surface area contributed by atoms with Crippen LogP contribution < -0.4 is 0 Å². The van der Waals surface area contributed by atoms with Gasteiger partial charge >= 0.3 is 6.09 Å². The summed E-state index contributed by atoms with van der Waals surface area (Å²) in [7, 11) is 10.1. The van der Waals surface area contributed by atoms with E-state index in [9.17, 15) is 4.79 Å². The molecule has 0 N–H and O–H groups in total. The van der Waals surface area contributed by atoms with E-state index in [4.69, 9.17) is 4.74 Å². The van der Waals surface area contributed by atoms with Crippen LogP contribution in [0.3, 0.4) is 0 Å². The molecule has 1 aliphatic carbocycles. The average Bonchev–Trinajstić information content (AvgIpc) is 2.16. The van der Waals surface area contributed by atoms with Gasteiger partial charge in [0.15, 0.2) is 0 Å². The number of carbonyl (C=O) groups excluding carboxylic acids is 1. The van der Waals surface area contributed by atoms with Crippen LogP contribution in [0.15, 0.2) is 0 Å². The fraction of sp³-hybridized carbons (Fsp3) is 0.917. The lowest BCUT2D eigenvalue weighted by molar-refractivity contribution is -0.897. The summed E-state index contributed by atoms with van der Waals surface area (Å²) in [5, 5.41) is 0. The molecule has 0 spiro atoms. The van der Waals surface area contributed by atoms with Crippen LogP contribution in [0.5, 0.6) is 0 Å². The summed E-state index contributed by atoms with van der Waals surface area (Å²) in [5.74, 6) is 0. The number of quaternary nitrogens is 1. The van der Waals surface area contributed by atoms with Gasteiger partial charge in [0, 0.05) is 20.5 Å². The molecule has 1 amide bonds. The molecule has 0 aliphatic heterocycles. The maximum atomic E-state index is 11.5. The first kappa shape index (κ1) is 13.3. The fourth-order valence-electron chi connectivity index (χ4n) is 2.18. The third-order valence-electron chi connectivity index (χ3n) is 3.33. The van der Waals surface area contributed by atoms with Crippen LogP contribution in [0.2, 0.25) is 0 Å². The lowest BCUT2D eigenvalue weighted by Crippen LogP contribution is -2.49. The minimum atomic E-state index is -0.216. The molecular formula is C12H25N2O2+. The van der Waals surface area contributed by atoms with Gasteiger partial charge in [0.1, 0.15) is 6.10 Å². The summed E-state index contributed by atoms with van der Waals surface area (Å²) in [6.45, 7) is 0. The van der Waals surface area contributed by atoms with Gasteiger partial charge in [-0.05, 0) is 19.3 Å². The molecule has 4 heteroatoms. The molecule has 0 aromatic carbocycles. The van der Waals surface area contributed by atoms with Crippen molar-refractivity contribution in [3.8, 4) is 0 Å². The van der Waals surface area contributed by atoms with Crippen molar-refractivity contribution < 1.29 is 14.0 Å². The summed E-state index contributed by atoms with van der Waals surface area (Å²) in [5.41, 5.74) is 0. The molecule has 1 aliphatic rings. The highest BCUT2D eigenvalue weighted by Crippen LogP contribution is 2.26. The van der Waals surface area contributed by atoms with Gasteiger partial charge in [0.05, 0.1) is 27.2 Å². The summed E-state index contributed by atoms with van der Waals surface area (Å²) >= 11 is 0. The summed E-state index contributed by atoms with van der Waals surface area (Å²) in [6.07, 6.45) is 4.28. The lowest BCUT2D eigenvalue weighted by Gasteiger charge is -2.39. The van der Waals surface area contributed by atoms with Crippen molar-refractivity contribution in [2.24, 2.45) is 0 Å². The topological polar surface area (TPSA) is 29.5 Å². The smallest absolute Gasteiger partial charge is 0.409 e. The molecule has 1 saturated carbocycles. The van der Waals surface area contributed by atoms with E-state index in [-0.39, 0.29) is 12.2 Å². The Morgan fingerprint density at radius 2 is 1.88 bits per heavy atom. The Kier molecular flexibility index (Phi) is 4.19. The second-order valence-corrected chi connectivity index (χ2v) is 5.84. The molecule has 0 heterocycles. The van der Waals surface area contributed by atoms with E-state index in [1.807, 2.05) is 0 Å². The van der Waals surface area contributed by atoms with Gasteiger partial charge < -0.3 is 14.1 Å². The second-order valence-electron chi connectivity index (χ2n) is 5.84. The van der Waals surface area contributed by atoms with E-state index in [2.05, 4.69) is 21.1 Å². The van der Waals surface area contributed by atoms with E-state index in [1.165, 1.54) is 11.3 Å². The molecule has 1 fully saturated rings. The van der Waals surface area contributed by atoms with E-state index in [0.29, 0.717) is 6.04 Å². The second kappa shape index (κ2) is 5.04. The zero-order valence-electron chi connectivity index (χ0n) is 11.2. The Labute approximate surface area is 98.8 Å². The average molecular weight is 229 g/mol. The van der Waals surface area contributed by atoms with Gasteiger partial charge in [-0.1, -0.05) is 0 Å². The van der Waals surface area contributed by atoms with Crippen molar-refractivity contribution in [2.45, 2.75) is 37.8 Å². The maximum absolute atomic E-state index is 11.5. The van der Waals surface area contributed by atoms with Crippen LogP contribution in [0.1, 0.15) is 25.7 Å². The van der Waals surface area contributed by atoms with Crippen LogP contribution in [0.4, 0.5) is 4.79 Å². The van der Waals surface area contributed by atoms with E-state index in [0.717, 1.165) is 23.7 Å². The highest BCUT2D eigenvalue weighted by Gasteiger charge is 2.32. The zero-order chi connectivity index (χ0) is 12.3. The van der Waals surface area contributed by atoms with Crippen molar-refractivity contribution in [3.63, 3.8) is 0 Å². The lowest BCUT2D eigenvalue weighted by atomic mass is 9.91. The van der Waals surface area contributed by atoms with Gasteiger partial charge in [-0.2, -0.15) is 0 Å². The normalized spacial score (nSPS) is 26.3. The summed E-state index contributed by atoms with van der Waals surface area (Å²) < 4.78 is 6.41. The molecule has 1 rings (SSSR count). The Hall–Kier alpha value is -0.770. The molecule has 4 nitrogen and oxygen atoms in total. The monoisotopic (exact) mass is 229 g/mol. The largest absolute Gasteiger partial charge is 0.446 e. The van der Waals surface area contributed by atoms with Crippen molar-refractivity contribution in [1.29, 1.82) is 0 Å². The van der Waals surface area contributed by atoms with Crippen LogP contribution in [0.25, 0.3) is 0 Å². The van der Waals surface area contributed by atoms with Gasteiger partial charge in [-0.25, -0.2) is 4.79 Å². The molecule has 2 atom stereocenters. The molecule has 0 aromatic heterocycles. The fourth-order valence-corrected chi connectivity index (χ4v) is 2.18. The number of hydrogen-bond acceptors (Lipinski definition) is 2. The zero-order valence-corrected chi connectivity index (χ0v) is 11.2. The molecule has 0 aromatic rings. The SMILES string of the molecule is CN(C)C(=O)OC1CCCC([N+](C)(C)C)C1. The molecule has 94 valence electrons. The standard InChI is InChI=1S/C12H25N2O2/c1-13(2)12(15)16-11-8-6-7-10(9-11)14(3,4)5/h10-11H,6-9H2,1-5H3/q+1. The molecule has 0 saturated heterocycles. The number of amides is 1. The molecule has 16 heavy (non-hydrogen) atoms. The van der Waals surface area contributed by atoms with Crippen molar-refractivity contribution >= 4 is 6.09 Å². The number of carbonyl (C=O) groups is 1. The minimum absolute atomic E-state index is 0.103. The predicted molar refractivity (Wildman–Crippen MR) is 64.2 cm³/mol. The number of ether oxygens (including phenoxy) is 1. The Bertz CT molecular complexity index is 246. The van der Waals surface area contributed by atoms with E-state index >= 15 is 0 Å². The van der Waals surface area contributed by atoms with E-state index in [1.54, 1.807) is 14.1 Å². The Morgan fingerprint density at radius 1 is 1.25 bits per heavy atom.